The maximum atomic E-state index is 9.45. The zero-order chi connectivity index (χ0) is 12.0. The fraction of sp³-hybridized carbons (Fsp3) is 0.500. The summed E-state index contributed by atoms with van der Waals surface area (Å²) in [5.74, 6) is 1.27. The molecule has 0 aliphatic carbocycles. The number of para-hydroxylation sites is 1. The van der Waals surface area contributed by atoms with E-state index in [1.807, 2.05) is 25.1 Å². The van der Waals surface area contributed by atoms with Crippen LogP contribution in [0.2, 0.25) is 0 Å². The number of hydrogen-bond donors (Lipinski definition) is 2. The number of benzene rings is 1. The highest BCUT2D eigenvalue weighted by Gasteiger charge is 2.11. The van der Waals surface area contributed by atoms with Gasteiger partial charge < -0.3 is 20.3 Å². The van der Waals surface area contributed by atoms with Gasteiger partial charge in [-0.3, -0.25) is 0 Å². The van der Waals surface area contributed by atoms with Crippen LogP contribution in [0.1, 0.15) is 18.9 Å². The van der Waals surface area contributed by atoms with Crippen molar-refractivity contribution in [2.75, 3.05) is 13.7 Å². The van der Waals surface area contributed by atoms with Crippen LogP contribution in [0, 0.1) is 0 Å². The van der Waals surface area contributed by atoms with Crippen molar-refractivity contribution in [1.82, 2.24) is 0 Å². The van der Waals surface area contributed by atoms with Gasteiger partial charge >= 0.3 is 0 Å². The van der Waals surface area contributed by atoms with E-state index < -0.39 is 6.10 Å². The third-order valence-electron chi connectivity index (χ3n) is 2.39. The molecule has 1 unspecified atom stereocenters. The van der Waals surface area contributed by atoms with Crippen molar-refractivity contribution in [2.24, 2.45) is 5.73 Å². The van der Waals surface area contributed by atoms with Gasteiger partial charge in [-0.15, -0.1) is 0 Å². The minimum Gasteiger partial charge on any atom is -0.493 e. The number of nitrogens with two attached hydrogens (primary N) is 1. The van der Waals surface area contributed by atoms with Gasteiger partial charge in [-0.2, -0.15) is 0 Å². The van der Waals surface area contributed by atoms with Crippen LogP contribution < -0.4 is 15.2 Å². The molecule has 16 heavy (non-hydrogen) atoms. The van der Waals surface area contributed by atoms with Crippen LogP contribution in [0.3, 0.4) is 0 Å². The Hall–Kier alpha value is -1.26. The number of methoxy groups -OCH3 is 1. The number of aliphatic hydroxyl groups excluding tert-OH is 1. The molecule has 4 nitrogen and oxygen atoms in total. The first-order valence-electron chi connectivity index (χ1n) is 5.39. The van der Waals surface area contributed by atoms with Gasteiger partial charge in [0.25, 0.3) is 0 Å². The van der Waals surface area contributed by atoms with Gasteiger partial charge in [-0.05, 0) is 12.5 Å². The van der Waals surface area contributed by atoms with Gasteiger partial charge in [0.2, 0.25) is 0 Å². The van der Waals surface area contributed by atoms with Crippen molar-refractivity contribution in [3.63, 3.8) is 0 Å². The first-order chi connectivity index (χ1) is 7.72. The van der Waals surface area contributed by atoms with Crippen molar-refractivity contribution in [3.05, 3.63) is 23.8 Å². The van der Waals surface area contributed by atoms with E-state index in [9.17, 15) is 5.11 Å². The molecule has 0 heterocycles. The molecule has 0 bridgehead atoms. The van der Waals surface area contributed by atoms with Crippen molar-refractivity contribution < 1.29 is 14.6 Å². The molecule has 1 aromatic rings. The number of rotatable bonds is 6. The summed E-state index contributed by atoms with van der Waals surface area (Å²) < 4.78 is 10.7. The van der Waals surface area contributed by atoms with Crippen molar-refractivity contribution >= 4 is 0 Å². The van der Waals surface area contributed by atoms with Crippen LogP contribution in [0.15, 0.2) is 18.2 Å². The molecule has 0 aliphatic rings. The fourth-order valence-corrected chi connectivity index (χ4v) is 1.34. The Morgan fingerprint density at radius 2 is 2.19 bits per heavy atom. The second-order valence-electron chi connectivity index (χ2n) is 3.53. The lowest BCUT2D eigenvalue weighted by molar-refractivity contribution is 0.102. The van der Waals surface area contributed by atoms with Gasteiger partial charge in [0, 0.05) is 12.1 Å². The second-order valence-corrected chi connectivity index (χ2v) is 3.53. The Bertz CT molecular complexity index is 306. The van der Waals surface area contributed by atoms with Crippen LogP contribution in [-0.4, -0.2) is 24.9 Å². The zero-order valence-corrected chi connectivity index (χ0v) is 9.77. The molecule has 0 saturated heterocycles. The molecule has 1 aromatic carbocycles. The molecule has 0 radical (unpaired) electrons. The van der Waals surface area contributed by atoms with Crippen LogP contribution in [0.5, 0.6) is 11.5 Å². The van der Waals surface area contributed by atoms with Crippen molar-refractivity contribution in [3.8, 4) is 11.5 Å². The molecule has 90 valence electrons. The molecule has 0 saturated carbocycles. The van der Waals surface area contributed by atoms with Crippen LogP contribution >= 0.6 is 0 Å². The average molecular weight is 225 g/mol. The van der Waals surface area contributed by atoms with Gasteiger partial charge in [0.1, 0.15) is 6.61 Å². The quantitative estimate of drug-likeness (QED) is 0.766. The molecule has 0 spiro atoms. The summed E-state index contributed by atoms with van der Waals surface area (Å²) in [7, 11) is 1.58. The van der Waals surface area contributed by atoms with E-state index in [0.717, 1.165) is 5.56 Å². The average Bonchev–Trinajstić information content (AvgIpc) is 2.35. The molecule has 0 aliphatic heterocycles. The monoisotopic (exact) mass is 225 g/mol. The molecule has 1 atom stereocenters. The fourth-order valence-electron chi connectivity index (χ4n) is 1.34. The van der Waals surface area contributed by atoms with Crippen LogP contribution in [0.25, 0.3) is 0 Å². The lowest BCUT2D eigenvalue weighted by Gasteiger charge is -2.16. The summed E-state index contributed by atoms with van der Waals surface area (Å²) in [6, 6.07) is 5.56. The molecule has 0 fully saturated rings. The maximum Gasteiger partial charge on any atom is 0.165 e. The second kappa shape index (κ2) is 6.35. The van der Waals surface area contributed by atoms with Crippen molar-refractivity contribution in [1.29, 1.82) is 0 Å². The number of hydrogen-bond acceptors (Lipinski definition) is 4. The predicted molar refractivity (Wildman–Crippen MR) is 62.7 cm³/mol. The summed E-state index contributed by atoms with van der Waals surface area (Å²) in [5.41, 5.74) is 6.49. The molecular formula is C12H19NO3. The zero-order valence-electron chi connectivity index (χ0n) is 9.77. The summed E-state index contributed by atoms with van der Waals surface area (Å²) in [6.07, 6.45) is 0.197. The first-order valence-corrected chi connectivity index (χ1v) is 5.39. The Morgan fingerprint density at radius 3 is 2.75 bits per heavy atom. The molecule has 4 heteroatoms. The first kappa shape index (κ1) is 12.8. The van der Waals surface area contributed by atoms with E-state index in [2.05, 4.69) is 0 Å². The molecule has 0 aromatic heterocycles. The lowest BCUT2D eigenvalue weighted by Crippen LogP contribution is -2.17. The summed E-state index contributed by atoms with van der Waals surface area (Å²) in [5, 5.41) is 9.45. The van der Waals surface area contributed by atoms with E-state index in [0.29, 0.717) is 24.5 Å². The van der Waals surface area contributed by atoms with Gasteiger partial charge in [-0.25, -0.2) is 0 Å². The van der Waals surface area contributed by atoms with Crippen LogP contribution in [-0.2, 0) is 6.54 Å². The highest BCUT2D eigenvalue weighted by Crippen LogP contribution is 2.30. The number of ether oxygens (including phenoxy) is 2. The normalized spacial score (nSPS) is 12.2. The maximum absolute atomic E-state index is 9.45. The largest absolute Gasteiger partial charge is 0.493 e. The Balaban J connectivity index is 2.82. The van der Waals surface area contributed by atoms with Crippen molar-refractivity contribution in [2.45, 2.75) is 26.0 Å². The van der Waals surface area contributed by atoms with Gasteiger partial charge in [0.15, 0.2) is 11.5 Å². The molecule has 3 N–H and O–H groups in total. The SMILES string of the molecule is CCC(O)COc1c(CN)cccc1OC. The third kappa shape index (κ3) is 3.12. The minimum atomic E-state index is -0.462. The van der Waals surface area contributed by atoms with E-state index >= 15 is 0 Å². The Labute approximate surface area is 96.0 Å². The Kier molecular flexibility index (Phi) is 5.08. The van der Waals surface area contributed by atoms with E-state index in [-0.39, 0.29) is 6.61 Å². The highest BCUT2D eigenvalue weighted by atomic mass is 16.5. The molecular weight excluding hydrogens is 206 g/mol. The summed E-state index contributed by atoms with van der Waals surface area (Å²) in [6.45, 7) is 2.54. The molecule has 0 amide bonds. The third-order valence-corrected chi connectivity index (χ3v) is 2.39. The predicted octanol–water partition coefficient (Wildman–Crippen LogP) is 1.30. The standard InChI is InChI=1S/C12H19NO3/c1-3-10(14)8-16-12-9(7-13)5-4-6-11(12)15-2/h4-6,10,14H,3,7-8,13H2,1-2H3. The van der Waals surface area contributed by atoms with Gasteiger partial charge in [0.05, 0.1) is 13.2 Å². The topological polar surface area (TPSA) is 64.7 Å². The van der Waals surface area contributed by atoms with E-state index in [1.54, 1.807) is 7.11 Å². The Morgan fingerprint density at radius 1 is 1.44 bits per heavy atom. The summed E-state index contributed by atoms with van der Waals surface area (Å²) in [4.78, 5) is 0. The number of aliphatic hydroxyl groups is 1. The van der Waals surface area contributed by atoms with E-state index in [4.69, 9.17) is 15.2 Å². The molecule has 1 rings (SSSR count). The van der Waals surface area contributed by atoms with Crippen LogP contribution in [0.4, 0.5) is 0 Å². The smallest absolute Gasteiger partial charge is 0.165 e. The highest BCUT2D eigenvalue weighted by molar-refractivity contribution is 5.46. The van der Waals surface area contributed by atoms with Gasteiger partial charge in [-0.1, -0.05) is 19.1 Å². The van der Waals surface area contributed by atoms with E-state index in [1.165, 1.54) is 0 Å². The summed E-state index contributed by atoms with van der Waals surface area (Å²) >= 11 is 0. The minimum absolute atomic E-state index is 0.254. The lowest BCUT2D eigenvalue weighted by atomic mass is 10.2.